The van der Waals surface area contributed by atoms with E-state index >= 15 is 0 Å². The second kappa shape index (κ2) is 6.31. The number of nitrogens with zero attached hydrogens (tertiary/aromatic N) is 2. The summed E-state index contributed by atoms with van der Waals surface area (Å²) in [6.45, 7) is -0.269. The Kier molecular flexibility index (Phi) is 5.03. The van der Waals surface area contributed by atoms with Crippen LogP contribution in [0.4, 0.5) is 0 Å². The molecule has 0 aliphatic carbocycles. The van der Waals surface area contributed by atoms with Crippen molar-refractivity contribution >= 4 is 17.6 Å². The minimum Gasteiger partial charge on any atom is -0.409 e. The summed E-state index contributed by atoms with van der Waals surface area (Å²) < 4.78 is 0. The van der Waals surface area contributed by atoms with Gasteiger partial charge in [0.2, 0.25) is 0 Å². The lowest BCUT2D eigenvalue weighted by atomic mass is 10.3. The summed E-state index contributed by atoms with van der Waals surface area (Å²) in [5, 5.41) is 29.7. The highest BCUT2D eigenvalue weighted by Gasteiger charge is 2.05. The van der Waals surface area contributed by atoms with E-state index in [1.54, 1.807) is 12.1 Å². The Morgan fingerprint density at radius 2 is 2.31 bits per heavy atom. The Morgan fingerprint density at radius 3 is 2.81 bits per heavy atom. The largest absolute Gasteiger partial charge is 0.409 e. The first-order chi connectivity index (χ1) is 7.67. The van der Waals surface area contributed by atoms with Crippen molar-refractivity contribution in [2.45, 2.75) is 11.1 Å². The zero-order chi connectivity index (χ0) is 12.0. The molecule has 5 N–H and O–H groups in total. The van der Waals surface area contributed by atoms with E-state index in [-0.39, 0.29) is 12.4 Å². The van der Waals surface area contributed by atoms with Gasteiger partial charge < -0.3 is 21.2 Å². The van der Waals surface area contributed by atoms with E-state index in [1.165, 1.54) is 18.0 Å². The fourth-order valence-electron chi connectivity index (χ4n) is 0.909. The van der Waals surface area contributed by atoms with Gasteiger partial charge in [-0.2, -0.15) is 0 Å². The van der Waals surface area contributed by atoms with E-state index in [9.17, 15) is 0 Å². The average molecular weight is 243 g/mol. The number of rotatable bonds is 5. The minimum absolute atomic E-state index is 0.000516. The summed E-state index contributed by atoms with van der Waals surface area (Å²) in [7, 11) is 0. The number of oxime groups is 1. The van der Waals surface area contributed by atoms with Crippen LogP contribution < -0.4 is 5.73 Å². The zero-order valence-corrected chi connectivity index (χ0v) is 9.26. The second-order valence-electron chi connectivity index (χ2n) is 3.02. The number of aliphatic hydroxyl groups is 2. The molecular formula is C9H13N3O3S. The number of hydrogen-bond acceptors (Lipinski definition) is 6. The lowest BCUT2D eigenvalue weighted by Gasteiger charge is -2.06. The molecule has 7 heteroatoms. The fraction of sp³-hybridized carbons (Fsp3) is 0.333. The molecule has 0 fully saturated rings. The summed E-state index contributed by atoms with van der Waals surface area (Å²) in [5.74, 6) is 0.367. The normalized spacial score (nSPS) is 13.8. The van der Waals surface area contributed by atoms with Gasteiger partial charge in [-0.05, 0) is 12.1 Å². The van der Waals surface area contributed by atoms with E-state index in [0.29, 0.717) is 16.3 Å². The highest BCUT2D eigenvalue weighted by atomic mass is 32.2. The molecule has 0 bridgehead atoms. The van der Waals surface area contributed by atoms with Gasteiger partial charge >= 0.3 is 0 Å². The van der Waals surface area contributed by atoms with Crippen molar-refractivity contribution in [3.63, 3.8) is 0 Å². The van der Waals surface area contributed by atoms with Crippen LogP contribution in [0.5, 0.6) is 0 Å². The standard InChI is InChI=1S/C9H13N3O3S/c10-9(12-15)6-1-2-8(11-3-6)16-5-7(14)4-13/h1-3,7,13-15H,4-5H2,(H2,10,12). The topological polar surface area (TPSA) is 112 Å². The molecule has 0 aliphatic heterocycles. The molecule has 6 nitrogen and oxygen atoms in total. The smallest absolute Gasteiger partial charge is 0.171 e. The van der Waals surface area contributed by atoms with Gasteiger partial charge in [0.25, 0.3) is 0 Å². The summed E-state index contributed by atoms with van der Waals surface area (Å²) in [6, 6.07) is 3.36. The van der Waals surface area contributed by atoms with Crippen LogP contribution >= 0.6 is 11.8 Å². The number of pyridine rings is 1. The van der Waals surface area contributed by atoms with E-state index in [1.807, 2.05) is 0 Å². The quantitative estimate of drug-likeness (QED) is 0.184. The molecule has 0 saturated heterocycles. The predicted octanol–water partition coefficient (Wildman–Crippen LogP) is -0.379. The van der Waals surface area contributed by atoms with Crippen molar-refractivity contribution in [2.24, 2.45) is 10.9 Å². The summed E-state index contributed by atoms with van der Waals surface area (Å²) in [4.78, 5) is 4.05. The molecule has 1 rings (SSSR count). The van der Waals surface area contributed by atoms with Gasteiger partial charge in [0, 0.05) is 17.5 Å². The van der Waals surface area contributed by atoms with Gasteiger partial charge in [0.15, 0.2) is 5.84 Å². The average Bonchev–Trinajstić information content (AvgIpc) is 2.35. The van der Waals surface area contributed by atoms with Gasteiger partial charge in [-0.25, -0.2) is 4.98 Å². The Balaban J connectivity index is 2.58. The van der Waals surface area contributed by atoms with Crippen LogP contribution in [0.25, 0.3) is 0 Å². The van der Waals surface area contributed by atoms with Crippen molar-refractivity contribution < 1.29 is 15.4 Å². The van der Waals surface area contributed by atoms with E-state index in [0.717, 1.165) is 0 Å². The summed E-state index contributed by atoms with van der Waals surface area (Å²) in [6.07, 6.45) is 0.721. The van der Waals surface area contributed by atoms with Crippen molar-refractivity contribution in [2.75, 3.05) is 12.4 Å². The molecule has 0 spiro atoms. The van der Waals surface area contributed by atoms with Gasteiger partial charge in [0.05, 0.1) is 17.7 Å². The molecule has 16 heavy (non-hydrogen) atoms. The second-order valence-corrected chi connectivity index (χ2v) is 4.06. The third-order valence-corrected chi connectivity index (χ3v) is 2.86. The van der Waals surface area contributed by atoms with E-state index in [2.05, 4.69) is 10.1 Å². The lowest BCUT2D eigenvalue weighted by molar-refractivity contribution is 0.113. The van der Waals surface area contributed by atoms with E-state index in [4.69, 9.17) is 21.2 Å². The number of hydrogen-bond donors (Lipinski definition) is 4. The van der Waals surface area contributed by atoms with Gasteiger partial charge in [-0.3, -0.25) is 0 Å². The molecule has 1 aromatic heterocycles. The fourth-order valence-corrected chi connectivity index (χ4v) is 1.67. The van der Waals surface area contributed by atoms with Crippen molar-refractivity contribution in [1.29, 1.82) is 0 Å². The van der Waals surface area contributed by atoms with Crippen molar-refractivity contribution in [3.8, 4) is 0 Å². The maximum Gasteiger partial charge on any atom is 0.171 e. The maximum absolute atomic E-state index is 9.13. The van der Waals surface area contributed by atoms with E-state index < -0.39 is 6.10 Å². The zero-order valence-electron chi connectivity index (χ0n) is 8.45. The molecule has 0 radical (unpaired) electrons. The first-order valence-corrected chi connectivity index (χ1v) is 5.51. The number of aromatic nitrogens is 1. The van der Waals surface area contributed by atoms with Gasteiger partial charge in [0.1, 0.15) is 0 Å². The van der Waals surface area contributed by atoms with Gasteiger partial charge in [-0.1, -0.05) is 5.16 Å². The highest BCUT2D eigenvalue weighted by molar-refractivity contribution is 7.99. The molecule has 1 heterocycles. The molecule has 1 atom stereocenters. The van der Waals surface area contributed by atoms with Crippen LogP contribution in [0.15, 0.2) is 28.5 Å². The molecule has 0 saturated carbocycles. The number of aliphatic hydroxyl groups excluding tert-OH is 2. The summed E-state index contributed by atoms with van der Waals surface area (Å²) >= 11 is 1.32. The van der Waals surface area contributed by atoms with Crippen LogP contribution in [0.2, 0.25) is 0 Å². The third kappa shape index (κ3) is 3.69. The number of amidine groups is 1. The Labute approximate surface area is 96.8 Å². The Hall–Kier alpha value is -1.31. The molecular weight excluding hydrogens is 230 g/mol. The molecule has 1 aromatic rings. The van der Waals surface area contributed by atoms with Crippen LogP contribution in [-0.2, 0) is 0 Å². The summed E-state index contributed by atoms with van der Waals surface area (Å²) in [5.41, 5.74) is 5.89. The monoisotopic (exact) mass is 243 g/mol. The molecule has 1 unspecified atom stereocenters. The molecule has 0 amide bonds. The molecule has 0 aromatic carbocycles. The maximum atomic E-state index is 9.13. The Morgan fingerprint density at radius 1 is 1.56 bits per heavy atom. The van der Waals surface area contributed by atoms with Crippen molar-refractivity contribution in [1.82, 2.24) is 4.98 Å². The highest BCUT2D eigenvalue weighted by Crippen LogP contribution is 2.16. The lowest BCUT2D eigenvalue weighted by Crippen LogP contribution is -2.15. The van der Waals surface area contributed by atoms with Crippen LogP contribution in [0.3, 0.4) is 0 Å². The first kappa shape index (κ1) is 12.8. The first-order valence-electron chi connectivity index (χ1n) is 4.53. The molecule has 0 aliphatic rings. The number of thioether (sulfide) groups is 1. The Bertz CT molecular complexity index is 356. The minimum atomic E-state index is -0.754. The van der Waals surface area contributed by atoms with Gasteiger partial charge in [-0.15, -0.1) is 11.8 Å². The van der Waals surface area contributed by atoms with Crippen LogP contribution in [0.1, 0.15) is 5.56 Å². The van der Waals surface area contributed by atoms with Crippen LogP contribution in [-0.4, -0.2) is 44.7 Å². The van der Waals surface area contributed by atoms with Crippen LogP contribution in [0, 0.1) is 0 Å². The third-order valence-electron chi connectivity index (χ3n) is 1.77. The van der Waals surface area contributed by atoms with Crippen molar-refractivity contribution in [3.05, 3.63) is 23.9 Å². The molecule has 88 valence electrons. The SMILES string of the molecule is NC(=NO)c1ccc(SCC(O)CO)nc1. The predicted molar refractivity (Wildman–Crippen MR) is 60.6 cm³/mol. The number of nitrogens with two attached hydrogens (primary N) is 1.